The van der Waals surface area contributed by atoms with Gasteiger partial charge in [-0.25, -0.2) is 9.59 Å². The van der Waals surface area contributed by atoms with Gasteiger partial charge in [-0.15, -0.1) is 0 Å². The average Bonchev–Trinajstić information content (AvgIpc) is 3.83. The number of aliphatic hydroxyl groups excluding tert-OH is 2. The van der Waals surface area contributed by atoms with Crippen LogP contribution in [0, 0.1) is 10.8 Å². The van der Waals surface area contributed by atoms with Gasteiger partial charge in [0.2, 0.25) is 0 Å². The first-order chi connectivity index (χ1) is 19.1. The molecular formula is C29H34O11. The van der Waals surface area contributed by atoms with Gasteiger partial charge in [0.05, 0.1) is 30.8 Å². The first kappa shape index (κ1) is 25.6. The van der Waals surface area contributed by atoms with Crippen LogP contribution in [0.1, 0.15) is 39.5 Å². The fourth-order valence-electron chi connectivity index (χ4n) is 8.86. The third-order valence-electron chi connectivity index (χ3n) is 11.3. The van der Waals surface area contributed by atoms with E-state index in [9.17, 15) is 19.8 Å². The van der Waals surface area contributed by atoms with Gasteiger partial charge in [0.15, 0.2) is 12.4 Å². The monoisotopic (exact) mass is 558 g/mol. The lowest BCUT2D eigenvalue weighted by Crippen LogP contribution is -2.67. The summed E-state index contributed by atoms with van der Waals surface area (Å²) < 4.78 is 42.8. The molecule has 6 heterocycles. The summed E-state index contributed by atoms with van der Waals surface area (Å²) in [6.07, 6.45) is 4.33. The zero-order valence-corrected chi connectivity index (χ0v) is 22.4. The fraction of sp³-hybridized carbons (Fsp3) is 0.724. The highest BCUT2D eigenvalue weighted by Crippen LogP contribution is 2.72. The van der Waals surface area contributed by atoms with Crippen LogP contribution in [-0.4, -0.2) is 102 Å². The van der Waals surface area contributed by atoms with Crippen molar-refractivity contribution in [2.75, 3.05) is 19.8 Å². The molecule has 4 bridgehead atoms. The second-order valence-electron chi connectivity index (χ2n) is 12.8. The molecule has 0 aromatic rings. The summed E-state index contributed by atoms with van der Waals surface area (Å²) in [5.41, 5.74) is -3.37. The first-order valence-electron chi connectivity index (χ1n) is 14.2. The van der Waals surface area contributed by atoms with Crippen molar-refractivity contribution in [3.8, 4) is 0 Å². The molecule has 12 atom stereocenters. The average molecular weight is 559 g/mol. The van der Waals surface area contributed by atoms with Crippen molar-refractivity contribution in [3.05, 3.63) is 36.0 Å². The van der Waals surface area contributed by atoms with Gasteiger partial charge in [0, 0.05) is 24.3 Å². The predicted molar refractivity (Wildman–Crippen MR) is 132 cm³/mol. The second-order valence-corrected chi connectivity index (χ2v) is 12.8. The molecule has 0 aromatic carbocycles. The Hall–Kier alpha value is -2.12. The van der Waals surface area contributed by atoms with Crippen molar-refractivity contribution >= 4 is 11.9 Å². The third-order valence-corrected chi connectivity index (χ3v) is 11.3. The third kappa shape index (κ3) is 2.94. The van der Waals surface area contributed by atoms with Crippen LogP contribution in [0.4, 0.5) is 0 Å². The van der Waals surface area contributed by atoms with Gasteiger partial charge in [0.1, 0.15) is 41.7 Å². The molecule has 1 saturated carbocycles. The lowest BCUT2D eigenvalue weighted by Gasteiger charge is -2.58. The van der Waals surface area contributed by atoms with Gasteiger partial charge in [-0.1, -0.05) is 30.7 Å². The van der Waals surface area contributed by atoms with Crippen molar-refractivity contribution in [2.24, 2.45) is 10.8 Å². The van der Waals surface area contributed by atoms with Crippen LogP contribution >= 0.6 is 0 Å². The number of rotatable bonds is 0. The molecule has 11 nitrogen and oxygen atoms in total. The summed E-state index contributed by atoms with van der Waals surface area (Å²) in [4.78, 5) is 26.8. The van der Waals surface area contributed by atoms with Gasteiger partial charge in [0.25, 0.3) is 0 Å². The number of hydrogen-bond acceptors (Lipinski definition) is 11. The molecule has 0 aromatic heterocycles. The molecule has 0 radical (unpaired) electrons. The number of carbonyl (C=O) groups is 2. The number of cyclic esters (lactones) is 1. The molecule has 216 valence electrons. The highest BCUT2D eigenvalue weighted by Gasteiger charge is 2.83. The van der Waals surface area contributed by atoms with E-state index in [4.69, 9.17) is 33.2 Å². The summed E-state index contributed by atoms with van der Waals surface area (Å²) in [6, 6.07) is 0. The summed E-state index contributed by atoms with van der Waals surface area (Å²) >= 11 is 0. The molecule has 40 heavy (non-hydrogen) atoms. The number of hydrogen-bond donors (Lipinski definition) is 2. The van der Waals surface area contributed by atoms with Crippen molar-refractivity contribution < 1.29 is 53.0 Å². The zero-order chi connectivity index (χ0) is 27.7. The van der Waals surface area contributed by atoms with E-state index in [-0.39, 0.29) is 25.4 Å². The van der Waals surface area contributed by atoms with Crippen LogP contribution in [0.25, 0.3) is 0 Å². The van der Waals surface area contributed by atoms with Crippen molar-refractivity contribution in [3.63, 3.8) is 0 Å². The van der Waals surface area contributed by atoms with Crippen LogP contribution in [0.15, 0.2) is 36.0 Å². The topological polar surface area (TPSA) is 146 Å². The first-order valence-corrected chi connectivity index (χ1v) is 14.2. The molecule has 6 aliphatic heterocycles. The Balaban J connectivity index is 1.22. The van der Waals surface area contributed by atoms with Gasteiger partial charge >= 0.3 is 11.9 Å². The van der Waals surface area contributed by atoms with E-state index < -0.39 is 70.3 Å². The Morgan fingerprint density at radius 1 is 1.02 bits per heavy atom. The van der Waals surface area contributed by atoms with E-state index >= 15 is 0 Å². The summed E-state index contributed by atoms with van der Waals surface area (Å²) in [7, 11) is 0. The normalized spacial score (nSPS) is 56.0. The van der Waals surface area contributed by atoms with Crippen LogP contribution in [0.2, 0.25) is 0 Å². The van der Waals surface area contributed by atoms with Gasteiger partial charge in [-0.05, 0) is 25.8 Å². The molecule has 8 unspecified atom stereocenters. The van der Waals surface area contributed by atoms with E-state index in [2.05, 4.69) is 19.9 Å². The number of ether oxygens (including phenoxy) is 7. The number of esters is 2. The minimum Gasteiger partial charge on any atom is -0.463 e. The molecule has 0 amide bonds. The molecular weight excluding hydrogens is 524 g/mol. The Bertz CT molecular complexity index is 1250. The molecule has 11 heteroatoms. The summed E-state index contributed by atoms with van der Waals surface area (Å²) in [5, 5.41) is 21.3. The van der Waals surface area contributed by atoms with Crippen molar-refractivity contribution in [1.82, 2.24) is 0 Å². The molecule has 2 N–H and O–H groups in total. The lowest BCUT2D eigenvalue weighted by molar-refractivity contribution is -0.233. The summed E-state index contributed by atoms with van der Waals surface area (Å²) in [6.45, 7) is 4.85. The van der Waals surface area contributed by atoms with Gasteiger partial charge in [-0.2, -0.15) is 0 Å². The maximum Gasteiger partial charge on any atom is 0.338 e. The molecule has 6 fully saturated rings. The minimum absolute atomic E-state index is 0.0345. The number of aliphatic hydroxyl groups is 2. The highest BCUT2D eigenvalue weighted by atomic mass is 16.7. The Labute approximate surface area is 231 Å². The van der Waals surface area contributed by atoms with E-state index in [1.54, 1.807) is 12.2 Å². The van der Waals surface area contributed by atoms with Gasteiger partial charge in [-0.3, -0.25) is 0 Å². The smallest absolute Gasteiger partial charge is 0.338 e. The van der Waals surface area contributed by atoms with Crippen LogP contribution in [-0.2, 0) is 42.7 Å². The molecule has 2 aliphatic carbocycles. The van der Waals surface area contributed by atoms with E-state index in [1.807, 2.05) is 0 Å². The largest absolute Gasteiger partial charge is 0.463 e. The van der Waals surface area contributed by atoms with Crippen molar-refractivity contribution in [1.29, 1.82) is 0 Å². The molecule has 8 rings (SSSR count). The second kappa shape index (κ2) is 8.03. The van der Waals surface area contributed by atoms with Crippen LogP contribution in [0.5, 0.6) is 0 Å². The number of epoxide rings is 2. The Kier molecular flexibility index (Phi) is 5.14. The zero-order valence-electron chi connectivity index (χ0n) is 22.4. The number of carbonyl (C=O) groups excluding carboxylic acids is 2. The standard InChI is InChI=1S/C29H34O11/c1-15-6-8-26-13-34-23(33)21-28(40-21)9-10-35-27(20(31)22(32)39-24(27)28)7-4-3-5-19(30)38-16-12-18(37-17(26)11-15)29(14-36-29)25(16,26)2/h3-5,7,11,16-18,20-22,24,31-32H,6,8-10,12-14H2,1-2H3/t16-,17?,18-,20?,21?,22?,24?,25-,26?,27?,28?,29+/m1/s1. The predicted octanol–water partition coefficient (Wildman–Crippen LogP) is 0.615. The van der Waals surface area contributed by atoms with E-state index in [1.165, 1.54) is 17.7 Å². The van der Waals surface area contributed by atoms with E-state index in [0.29, 0.717) is 25.9 Å². The van der Waals surface area contributed by atoms with Gasteiger partial charge < -0.3 is 43.4 Å². The number of allylic oxidation sites excluding steroid dienone is 3. The maximum atomic E-state index is 13.7. The Morgan fingerprint density at radius 3 is 2.65 bits per heavy atom. The van der Waals surface area contributed by atoms with Crippen LogP contribution in [0.3, 0.4) is 0 Å². The Morgan fingerprint density at radius 2 is 1.85 bits per heavy atom. The van der Waals surface area contributed by atoms with Crippen LogP contribution < -0.4 is 0 Å². The molecule has 3 spiro atoms. The van der Waals surface area contributed by atoms with E-state index in [0.717, 1.165) is 6.42 Å². The van der Waals surface area contributed by atoms with Crippen molar-refractivity contribution in [2.45, 2.75) is 99.2 Å². The fourth-order valence-corrected chi connectivity index (χ4v) is 8.86. The summed E-state index contributed by atoms with van der Waals surface area (Å²) in [5.74, 6) is -1.07. The quantitative estimate of drug-likeness (QED) is 0.245. The lowest BCUT2D eigenvalue weighted by atomic mass is 9.51. The molecule has 8 aliphatic rings. The highest BCUT2D eigenvalue weighted by molar-refractivity contribution is 5.82. The molecule has 5 saturated heterocycles. The maximum absolute atomic E-state index is 13.7. The minimum atomic E-state index is -1.54. The SMILES string of the molecule is CC1=CC2O[C@@H]3C[C@H]4OC(=O)C=CC=CC56OCCC7(OC7C(=O)OCC2(CC1)[C@]4(C)[C@]31CO1)C5OC(O)C6O.